The van der Waals surface area contributed by atoms with Crippen molar-refractivity contribution in [1.82, 2.24) is 0 Å². The molecule has 144 valence electrons. The third kappa shape index (κ3) is 5.54. The van der Waals surface area contributed by atoms with Crippen molar-refractivity contribution in [3.05, 3.63) is 105 Å². The van der Waals surface area contributed by atoms with E-state index < -0.39 is 5.91 Å². The van der Waals surface area contributed by atoms with Crippen LogP contribution < -0.4 is 5.32 Å². The molecule has 0 aromatic heterocycles. The molecule has 0 unspecified atom stereocenters. The standard InChI is InChI=1S/C24H18ClFN2O/c1-16-4-2-7-22(10-16)28-24(29)20(15-27)12-18-8-9-19(23(25)14-18)11-17-5-3-6-21(26)13-17/h2-10,12-14H,11H2,1H3,(H,28,29)/b20-12+. The molecule has 1 amide bonds. The third-order valence-corrected chi connectivity index (χ3v) is 4.66. The Morgan fingerprint density at radius 3 is 2.62 bits per heavy atom. The molecule has 0 radical (unpaired) electrons. The molecule has 0 aliphatic rings. The second kappa shape index (κ2) is 9.18. The number of nitrogens with one attached hydrogen (secondary N) is 1. The highest BCUT2D eigenvalue weighted by Gasteiger charge is 2.11. The molecule has 0 saturated heterocycles. The first kappa shape index (κ1) is 20.3. The lowest BCUT2D eigenvalue weighted by molar-refractivity contribution is -0.112. The number of anilines is 1. The Bertz CT molecular complexity index is 1130. The fraction of sp³-hybridized carbons (Fsp3) is 0.0833. The molecule has 3 rings (SSSR count). The molecule has 0 bridgehead atoms. The van der Waals surface area contributed by atoms with Crippen LogP contribution in [0, 0.1) is 24.1 Å². The highest BCUT2D eigenvalue weighted by atomic mass is 35.5. The van der Waals surface area contributed by atoms with E-state index in [0.717, 1.165) is 16.7 Å². The number of halogens is 2. The van der Waals surface area contributed by atoms with Crippen molar-refractivity contribution < 1.29 is 9.18 Å². The summed E-state index contributed by atoms with van der Waals surface area (Å²) in [7, 11) is 0. The van der Waals surface area contributed by atoms with Crippen LogP contribution in [-0.4, -0.2) is 5.91 Å². The van der Waals surface area contributed by atoms with Gasteiger partial charge in [-0.2, -0.15) is 5.26 Å². The van der Waals surface area contributed by atoms with Crippen LogP contribution in [0.3, 0.4) is 0 Å². The SMILES string of the molecule is Cc1cccc(NC(=O)/C(C#N)=C/c2ccc(Cc3cccc(F)c3)c(Cl)c2)c1. The van der Waals surface area contributed by atoms with Crippen LogP contribution in [0.2, 0.25) is 5.02 Å². The van der Waals surface area contributed by atoms with Crippen LogP contribution in [0.15, 0.2) is 72.3 Å². The lowest BCUT2D eigenvalue weighted by Crippen LogP contribution is -2.13. The number of benzene rings is 3. The van der Waals surface area contributed by atoms with Crippen LogP contribution in [0.25, 0.3) is 6.08 Å². The number of nitrogens with zero attached hydrogens (tertiary/aromatic N) is 1. The van der Waals surface area contributed by atoms with Crippen molar-refractivity contribution in [2.24, 2.45) is 0 Å². The van der Waals surface area contributed by atoms with Gasteiger partial charge in [0, 0.05) is 10.7 Å². The summed E-state index contributed by atoms with van der Waals surface area (Å²) in [4.78, 5) is 12.4. The number of amides is 1. The summed E-state index contributed by atoms with van der Waals surface area (Å²) >= 11 is 6.37. The molecule has 29 heavy (non-hydrogen) atoms. The number of hydrogen-bond donors (Lipinski definition) is 1. The van der Waals surface area contributed by atoms with Gasteiger partial charge in [-0.15, -0.1) is 0 Å². The van der Waals surface area contributed by atoms with E-state index in [1.54, 1.807) is 24.3 Å². The van der Waals surface area contributed by atoms with E-state index in [9.17, 15) is 14.4 Å². The molecule has 0 atom stereocenters. The van der Waals surface area contributed by atoms with Gasteiger partial charge in [0.15, 0.2) is 0 Å². The summed E-state index contributed by atoms with van der Waals surface area (Å²) in [5, 5.41) is 12.6. The van der Waals surface area contributed by atoms with Gasteiger partial charge in [0.05, 0.1) is 0 Å². The Morgan fingerprint density at radius 2 is 1.93 bits per heavy atom. The predicted molar refractivity (Wildman–Crippen MR) is 114 cm³/mol. The fourth-order valence-corrected chi connectivity index (χ4v) is 3.16. The van der Waals surface area contributed by atoms with E-state index in [-0.39, 0.29) is 11.4 Å². The van der Waals surface area contributed by atoms with Gasteiger partial charge in [0.1, 0.15) is 17.5 Å². The number of nitriles is 1. The van der Waals surface area contributed by atoms with E-state index in [1.807, 2.05) is 43.3 Å². The highest BCUT2D eigenvalue weighted by Crippen LogP contribution is 2.23. The normalized spacial score (nSPS) is 11.0. The molecule has 0 fully saturated rings. The number of aryl methyl sites for hydroxylation is 1. The summed E-state index contributed by atoms with van der Waals surface area (Å²) in [5.74, 6) is -0.783. The summed E-state index contributed by atoms with van der Waals surface area (Å²) in [6.07, 6.45) is 1.97. The summed E-state index contributed by atoms with van der Waals surface area (Å²) in [6, 6.07) is 20.9. The van der Waals surface area contributed by atoms with Gasteiger partial charge in [-0.25, -0.2) is 4.39 Å². The van der Waals surface area contributed by atoms with Crippen molar-refractivity contribution in [3.8, 4) is 6.07 Å². The first-order valence-electron chi connectivity index (χ1n) is 8.97. The zero-order valence-corrected chi connectivity index (χ0v) is 16.5. The fourth-order valence-electron chi connectivity index (χ4n) is 2.90. The third-order valence-electron chi connectivity index (χ3n) is 4.31. The summed E-state index contributed by atoms with van der Waals surface area (Å²) in [5.41, 5.74) is 3.88. The van der Waals surface area contributed by atoms with Crippen molar-refractivity contribution in [3.63, 3.8) is 0 Å². The van der Waals surface area contributed by atoms with Gasteiger partial charge < -0.3 is 5.32 Å². The maximum Gasteiger partial charge on any atom is 0.266 e. The molecule has 0 spiro atoms. The average Bonchev–Trinajstić information content (AvgIpc) is 2.68. The van der Waals surface area contributed by atoms with E-state index in [4.69, 9.17) is 11.6 Å². The van der Waals surface area contributed by atoms with Crippen LogP contribution in [0.5, 0.6) is 0 Å². The molecular weight excluding hydrogens is 387 g/mol. The van der Waals surface area contributed by atoms with E-state index >= 15 is 0 Å². The predicted octanol–water partition coefficient (Wildman–Crippen LogP) is 5.92. The van der Waals surface area contributed by atoms with Crippen LogP contribution in [0.1, 0.15) is 22.3 Å². The Kier molecular flexibility index (Phi) is 6.43. The number of carbonyl (C=O) groups excluding carboxylic acids is 1. The first-order valence-corrected chi connectivity index (χ1v) is 9.35. The minimum Gasteiger partial charge on any atom is -0.321 e. The largest absolute Gasteiger partial charge is 0.321 e. The Hall–Kier alpha value is -3.42. The summed E-state index contributed by atoms with van der Waals surface area (Å²) in [6.45, 7) is 1.92. The number of hydrogen-bond acceptors (Lipinski definition) is 2. The quantitative estimate of drug-likeness (QED) is 0.423. The van der Waals surface area contributed by atoms with E-state index in [2.05, 4.69) is 5.32 Å². The smallest absolute Gasteiger partial charge is 0.266 e. The van der Waals surface area contributed by atoms with Crippen molar-refractivity contribution in [2.75, 3.05) is 5.32 Å². The summed E-state index contributed by atoms with van der Waals surface area (Å²) < 4.78 is 13.4. The minimum absolute atomic E-state index is 0.0274. The molecule has 3 aromatic carbocycles. The molecule has 0 aliphatic heterocycles. The molecule has 1 N–H and O–H groups in total. The van der Waals surface area contributed by atoms with Gasteiger partial charge in [-0.3, -0.25) is 4.79 Å². The Morgan fingerprint density at radius 1 is 1.14 bits per heavy atom. The van der Waals surface area contributed by atoms with E-state index in [0.29, 0.717) is 22.7 Å². The van der Waals surface area contributed by atoms with Gasteiger partial charge in [0.2, 0.25) is 0 Å². The Balaban J connectivity index is 1.78. The maximum atomic E-state index is 13.4. The molecule has 3 nitrogen and oxygen atoms in total. The second-order valence-electron chi connectivity index (χ2n) is 6.65. The molecule has 5 heteroatoms. The zero-order chi connectivity index (χ0) is 20.8. The monoisotopic (exact) mass is 404 g/mol. The second-order valence-corrected chi connectivity index (χ2v) is 7.06. The van der Waals surface area contributed by atoms with Gasteiger partial charge >= 0.3 is 0 Å². The van der Waals surface area contributed by atoms with Gasteiger partial charge in [0.25, 0.3) is 5.91 Å². The molecule has 0 aliphatic carbocycles. The maximum absolute atomic E-state index is 13.4. The van der Waals surface area contributed by atoms with Crippen LogP contribution in [-0.2, 0) is 11.2 Å². The van der Waals surface area contributed by atoms with Crippen LogP contribution in [0.4, 0.5) is 10.1 Å². The Labute approximate surface area is 174 Å². The van der Waals surface area contributed by atoms with Crippen LogP contribution >= 0.6 is 11.6 Å². The van der Waals surface area contributed by atoms with Crippen molar-refractivity contribution in [1.29, 1.82) is 5.26 Å². The minimum atomic E-state index is -0.488. The molecule has 3 aromatic rings. The molecule has 0 heterocycles. The lowest BCUT2D eigenvalue weighted by Gasteiger charge is -2.07. The van der Waals surface area contributed by atoms with Gasteiger partial charge in [-0.1, -0.05) is 48.0 Å². The van der Waals surface area contributed by atoms with Crippen molar-refractivity contribution >= 4 is 29.3 Å². The molecule has 0 saturated carbocycles. The zero-order valence-electron chi connectivity index (χ0n) is 15.7. The van der Waals surface area contributed by atoms with Crippen molar-refractivity contribution in [2.45, 2.75) is 13.3 Å². The molecular formula is C24H18ClFN2O. The van der Waals surface area contributed by atoms with Gasteiger partial charge in [-0.05, 0) is 72.0 Å². The first-order chi connectivity index (χ1) is 13.9. The van der Waals surface area contributed by atoms with E-state index in [1.165, 1.54) is 18.2 Å². The average molecular weight is 405 g/mol. The lowest BCUT2D eigenvalue weighted by atomic mass is 10.0. The number of rotatable bonds is 5. The number of carbonyl (C=O) groups is 1. The topological polar surface area (TPSA) is 52.9 Å². The highest BCUT2D eigenvalue weighted by molar-refractivity contribution is 6.31.